The summed E-state index contributed by atoms with van der Waals surface area (Å²) in [4.78, 5) is 15.8. The standard InChI is InChI=1S/C10H10ClIN4O/c1-2-16-5-7(3-14-16)4-15-6-13-9(11)8(12)10(15)17/h3,5-6H,2,4H2,1H3. The van der Waals surface area contributed by atoms with Crippen LogP contribution in [0.4, 0.5) is 0 Å². The summed E-state index contributed by atoms with van der Waals surface area (Å²) in [6.45, 7) is 3.28. The molecule has 0 bridgehead atoms. The molecule has 0 spiro atoms. The minimum Gasteiger partial charge on any atom is -0.294 e. The van der Waals surface area contributed by atoms with Gasteiger partial charge in [-0.2, -0.15) is 5.10 Å². The lowest BCUT2D eigenvalue weighted by Gasteiger charge is -2.04. The van der Waals surface area contributed by atoms with Crippen LogP contribution in [-0.4, -0.2) is 19.3 Å². The third kappa shape index (κ3) is 2.68. The molecule has 2 aromatic heterocycles. The van der Waals surface area contributed by atoms with Crippen LogP contribution in [0.1, 0.15) is 12.5 Å². The first-order valence-corrected chi connectivity index (χ1v) is 6.49. The fourth-order valence-corrected chi connectivity index (χ4v) is 1.99. The maximum Gasteiger partial charge on any atom is 0.268 e. The summed E-state index contributed by atoms with van der Waals surface area (Å²) in [7, 11) is 0. The highest BCUT2D eigenvalue weighted by atomic mass is 127. The molecule has 90 valence electrons. The SMILES string of the molecule is CCn1cc(Cn2cnc(Cl)c(I)c2=O)cn1. The van der Waals surface area contributed by atoms with Gasteiger partial charge in [0, 0.05) is 18.3 Å². The third-order valence-corrected chi connectivity index (χ3v) is 3.88. The molecule has 0 saturated heterocycles. The van der Waals surface area contributed by atoms with Crippen molar-refractivity contribution in [2.75, 3.05) is 0 Å². The van der Waals surface area contributed by atoms with Gasteiger partial charge >= 0.3 is 0 Å². The number of hydrogen-bond acceptors (Lipinski definition) is 3. The number of aryl methyl sites for hydroxylation is 1. The van der Waals surface area contributed by atoms with Gasteiger partial charge in [-0.1, -0.05) is 11.6 Å². The number of halogens is 2. The van der Waals surface area contributed by atoms with Gasteiger partial charge in [0.25, 0.3) is 5.56 Å². The van der Waals surface area contributed by atoms with E-state index in [4.69, 9.17) is 11.6 Å². The highest BCUT2D eigenvalue weighted by Gasteiger charge is 2.07. The normalized spacial score (nSPS) is 10.8. The van der Waals surface area contributed by atoms with Gasteiger partial charge in [-0.3, -0.25) is 14.0 Å². The maximum absolute atomic E-state index is 11.9. The van der Waals surface area contributed by atoms with Gasteiger partial charge in [0.1, 0.15) is 8.72 Å². The highest BCUT2D eigenvalue weighted by Crippen LogP contribution is 2.10. The highest BCUT2D eigenvalue weighted by molar-refractivity contribution is 14.1. The first kappa shape index (κ1) is 12.6. The van der Waals surface area contributed by atoms with E-state index in [0.717, 1.165) is 12.1 Å². The van der Waals surface area contributed by atoms with Gasteiger partial charge in [0.15, 0.2) is 0 Å². The number of hydrogen-bond donors (Lipinski definition) is 0. The van der Waals surface area contributed by atoms with Crippen molar-refractivity contribution in [2.24, 2.45) is 0 Å². The van der Waals surface area contributed by atoms with Gasteiger partial charge in [-0.05, 0) is 29.5 Å². The topological polar surface area (TPSA) is 52.7 Å². The summed E-state index contributed by atoms with van der Waals surface area (Å²) in [5.41, 5.74) is 0.837. The van der Waals surface area contributed by atoms with Crippen LogP contribution in [0, 0.1) is 3.57 Å². The molecular formula is C10H10ClIN4O. The number of rotatable bonds is 3. The zero-order valence-corrected chi connectivity index (χ0v) is 12.0. The molecule has 0 unspecified atom stereocenters. The van der Waals surface area contributed by atoms with Crippen molar-refractivity contribution in [2.45, 2.75) is 20.0 Å². The van der Waals surface area contributed by atoms with Crippen LogP contribution in [0.2, 0.25) is 5.15 Å². The van der Waals surface area contributed by atoms with Crippen LogP contribution in [0.25, 0.3) is 0 Å². The average molecular weight is 365 g/mol. The average Bonchev–Trinajstić information content (AvgIpc) is 2.78. The van der Waals surface area contributed by atoms with E-state index < -0.39 is 0 Å². The van der Waals surface area contributed by atoms with E-state index in [2.05, 4.69) is 10.1 Å². The Labute approximate surface area is 117 Å². The van der Waals surface area contributed by atoms with E-state index in [9.17, 15) is 4.79 Å². The number of aromatic nitrogens is 4. The Bertz CT molecular complexity index is 592. The van der Waals surface area contributed by atoms with E-state index >= 15 is 0 Å². The minimum absolute atomic E-state index is 0.130. The van der Waals surface area contributed by atoms with Crippen molar-refractivity contribution < 1.29 is 0 Å². The van der Waals surface area contributed by atoms with E-state index in [-0.39, 0.29) is 10.7 Å². The van der Waals surface area contributed by atoms with Gasteiger partial charge < -0.3 is 0 Å². The second kappa shape index (κ2) is 5.18. The first-order chi connectivity index (χ1) is 8.11. The Morgan fingerprint density at radius 3 is 2.94 bits per heavy atom. The molecule has 2 heterocycles. The summed E-state index contributed by atoms with van der Waals surface area (Å²) in [5, 5.41) is 4.40. The molecular weight excluding hydrogens is 354 g/mol. The molecule has 0 aliphatic carbocycles. The molecule has 7 heteroatoms. The maximum atomic E-state index is 11.9. The Hall–Kier alpha value is -0.890. The number of nitrogens with zero attached hydrogens (tertiary/aromatic N) is 4. The third-order valence-electron chi connectivity index (χ3n) is 2.30. The molecule has 0 aliphatic rings. The Kier molecular flexibility index (Phi) is 3.82. The molecule has 0 radical (unpaired) electrons. The quantitative estimate of drug-likeness (QED) is 0.616. The van der Waals surface area contributed by atoms with Crippen molar-refractivity contribution in [3.63, 3.8) is 0 Å². The zero-order chi connectivity index (χ0) is 12.4. The smallest absolute Gasteiger partial charge is 0.268 e. The lowest BCUT2D eigenvalue weighted by atomic mass is 10.3. The van der Waals surface area contributed by atoms with Crippen LogP contribution in [-0.2, 0) is 13.1 Å². The molecule has 2 aromatic rings. The molecule has 17 heavy (non-hydrogen) atoms. The van der Waals surface area contributed by atoms with Crippen molar-refractivity contribution >= 4 is 34.2 Å². The van der Waals surface area contributed by atoms with Crippen LogP contribution < -0.4 is 5.56 Å². The summed E-state index contributed by atoms with van der Waals surface area (Å²) < 4.78 is 3.77. The van der Waals surface area contributed by atoms with Crippen LogP contribution in [0.15, 0.2) is 23.5 Å². The van der Waals surface area contributed by atoms with E-state index in [1.54, 1.807) is 6.20 Å². The van der Waals surface area contributed by atoms with Crippen molar-refractivity contribution in [3.8, 4) is 0 Å². The van der Waals surface area contributed by atoms with Gasteiger partial charge in [0.2, 0.25) is 0 Å². The monoisotopic (exact) mass is 364 g/mol. The van der Waals surface area contributed by atoms with Gasteiger partial charge in [0.05, 0.1) is 19.1 Å². The summed E-state index contributed by atoms with van der Waals surface area (Å²) in [6.07, 6.45) is 5.11. The van der Waals surface area contributed by atoms with E-state index in [0.29, 0.717) is 10.1 Å². The molecule has 2 rings (SSSR count). The first-order valence-electron chi connectivity index (χ1n) is 5.03. The summed E-state index contributed by atoms with van der Waals surface area (Å²) in [6, 6.07) is 0. The second-order valence-corrected chi connectivity index (χ2v) is 4.92. The summed E-state index contributed by atoms with van der Waals surface area (Å²) in [5.74, 6) is 0. The predicted octanol–water partition coefficient (Wildman–Crippen LogP) is 1.77. The van der Waals surface area contributed by atoms with Crippen LogP contribution in [0.3, 0.4) is 0 Å². The van der Waals surface area contributed by atoms with Crippen LogP contribution in [0.5, 0.6) is 0 Å². The predicted molar refractivity (Wildman–Crippen MR) is 73.2 cm³/mol. The molecule has 0 aliphatic heterocycles. The van der Waals surface area contributed by atoms with Crippen molar-refractivity contribution in [3.05, 3.63) is 43.4 Å². The van der Waals surface area contributed by atoms with E-state index in [1.165, 1.54) is 10.9 Å². The Balaban J connectivity index is 2.30. The molecule has 5 nitrogen and oxygen atoms in total. The van der Waals surface area contributed by atoms with Crippen molar-refractivity contribution in [1.82, 2.24) is 19.3 Å². The summed E-state index contributed by atoms with van der Waals surface area (Å²) >= 11 is 7.67. The van der Waals surface area contributed by atoms with Crippen molar-refractivity contribution in [1.29, 1.82) is 0 Å². The molecule has 0 fully saturated rings. The van der Waals surface area contributed by atoms with Gasteiger partial charge in [-0.25, -0.2) is 4.98 Å². The molecule has 0 aromatic carbocycles. The van der Waals surface area contributed by atoms with Gasteiger partial charge in [-0.15, -0.1) is 0 Å². The molecule has 0 N–H and O–H groups in total. The van der Waals surface area contributed by atoms with Crippen LogP contribution >= 0.6 is 34.2 Å². The largest absolute Gasteiger partial charge is 0.294 e. The second-order valence-electron chi connectivity index (χ2n) is 3.49. The minimum atomic E-state index is -0.130. The Morgan fingerprint density at radius 2 is 2.29 bits per heavy atom. The Morgan fingerprint density at radius 1 is 1.53 bits per heavy atom. The molecule has 0 atom stereocenters. The lowest BCUT2D eigenvalue weighted by Crippen LogP contribution is -2.23. The lowest BCUT2D eigenvalue weighted by molar-refractivity contribution is 0.657. The fourth-order valence-electron chi connectivity index (χ4n) is 1.41. The van der Waals surface area contributed by atoms with E-state index in [1.807, 2.05) is 40.4 Å². The fraction of sp³-hybridized carbons (Fsp3) is 0.300. The zero-order valence-electron chi connectivity index (χ0n) is 9.10. The molecule has 0 amide bonds. The molecule has 0 saturated carbocycles.